The molecular formula is C16H15BrClNOS. The van der Waals surface area contributed by atoms with Gasteiger partial charge in [-0.1, -0.05) is 23.7 Å². The lowest BCUT2D eigenvalue weighted by Crippen LogP contribution is -2.26. The number of hydrogen-bond donors (Lipinski definition) is 1. The number of nitrogens with one attached hydrogen (secondary N) is 1. The molecule has 1 N–H and O–H groups in total. The number of carbonyl (C=O) groups is 1. The van der Waals surface area contributed by atoms with E-state index in [1.54, 1.807) is 30.0 Å². The molecule has 0 saturated carbocycles. The monoisotopic (exact) mass is 383 g/mol. The number of amides is 1. The molecule has 2 aromatic rings. The van der Waals surface area contributed by atoms with E-state index in [2.05, 4.69) is 33.4 Å². The first-order valence-electron chi connectivity index (χ1n) is 6.41. The van der Waals surface area contributed by atoms with E-state index in [9.17, 15) is 4.79 Å². The van der Waals surface area contributed by atoms with Crippen molar-refractivity contribution in [2.24, 2.45) is 0 Å². The SMILES string of the molecule is CSc1ccc(C(C)NC(=O)c2ccc(Br)c(Cl)c2)cc1. The van der Waals surface area contributed by atoms with E-state index in [4.69, 9.17) is 11.6 Å². The predicted octanol–water partition coefficient (Wildman–Crippen LogP) is 5.32. The van der Waals surface area contributed by atoms with Crippen LogP contribution in [-0.2, 0) is 0 Å². The van der Waals surface area contributed by atoms with Crippen LogP contribution < -0.4 is 5.32 Å². The van der Waals surface area contributed by atoms with Gasteiger partial charge >= 0.3 is 0 Å². The first-order valence-corrected chi connectivity index (χ1v) is 8.80. The number of halogens is 2. The first kappa shape index (κ1) is 16.4. The van der Waals surface area contributed by atoms with Gasteiger partial charge in [0, 0.05) is 14.9 Å². The Balaban J connectivity index is 2.08. The Morgan fingerprint density at radius 1 is 1.24 bits per heavy atom. The average Bonchev–Trinajstić information content (AvgIpc) is 2.50. The first-order chi connectivity index (χ1) is 10.0. The number of rotatable bonds is 4. The molecule has 0 aliphatic rings. The van der Waals surface area contributed by atoms with Crippen LogP contribution in [0.2, 0.25) is 5.02 Å². The summed E-state index contributed by atoms with van der Waals surface area (Å²) in [5.41, 5.74) is 1.63. The van der Waals surface area contributed by atoms with Gasteiger partial charge in [0.1, 0.15) is 0 Å². The number of hydrogen-bond acceptors (Lipinski definition) is 2. The van der Waals surface area contributed by atoms with Crippen molar-refractivity contribution in [2.75, 3.05) is 6.26 Å². The van der Waals surface area contributed by atoms with Gasteiger partial charge in [-0.15, -0.1) is 11.8 Å². The van der Waals surface area contributed by atoms with Crippen molar-refractivity contribution >= 4 is 45.2 Å². The van der Waals surface area contributed by atoms with E-state index in [0.717, 1.165) is 10.0 Å². The molecule has 2 rings (SSSR count). The molecule has 1 unspecified atom stereocenters. The second kappa shape index (κ2) is 7.34. The molecule has 0 heterocycles. The molecule has 2 nitrogen and oxygen atoms in total. The van der Waals surface area contributed by atoms with Crippen molar-refractivity contribution in [3.63, 3.8) is 0 Å². The van der Waals surface area contributed by atoms with E-state index < -0.39 is 0 Å². The summed E-state index contributed by atoms with van der Waals surface area (Å²) in [4.78, 5) is 13.4. The Kier molecular flexibility index (Phi) is 5.73. The maximum absolute atomic E-state index is 12.2. The molecule has 0 aromatic heterocycles. The van der Waals surface area contributed by atoms with Crippen LogP contribution in [0.4, 0.5) is 0 Å². The van der Waals surface area contributed by atoms with E-state index >= 15 is 0 Å². The van der Waals surface area contributed by atoms with Gasteiger partial charge in [0.2, 0.25) is 0 Å². The zero-order valence-electron chi connectivity index (χ0n) is 11.7. The van der Waals surface area contributed by atoms with E-state index in [-0.39, 0.29) is 11.9 Å². The largest absolute Gasteiger partial charge is 0.346 e. The van der Waals surface area contributed by atoms with Gasteiger partial charge in [0.15, 0.2) is 0 Å². The highest BCUT2D eigenvalue weighted by Crippen LogP contribution is 2.24. The van der Waals surface area contributed by atoms with E-state index in [0.29, 0.717) is 10.6 Å². The fourth-order valence-electron chi connectivity index (χ4n) is 1.89. The van der Waals surface area contributed by atoms with Crippen LogP contribution in [0.15, 0.2) is 51.8 Å². The van der Waals surface area contributed by atoms with Gasteiger partial charge < -0.3 is 5.32 Å². The molecule has 0 fully saturated rings. The second-order valence-corrected chi connectivity index (χ2v) is 6.74. The lowest BCUT2D eigenvalue weighted by atomic mass is 10.1. The summed E-state index contributed by atoms with van der Waals surface area (Å²) in [7, 11) is 0. The fraction of sp³-hybridized carbons (Fsp3) is 0.188. The maximum atomic E-state index is 12.2. The van der Waals surface area contributed by atoms with Crippen molar-refractivity contribution in [2.45, 2.75) is 17.9 Å². The third-order valence-corrected chi connectivity index (χ3v) is 5.12. The van der Waals surface area contributed by atoms with Crippen LogP contribution in [0.3, 0.4) is 0 Å². The third-order valence-electron chi connectivity index (χ3n) is 3.15. The number of thioether (sulfide) groups is 1. The molecule has 5 heteroatoms. The van der Waals surface area contributed by atoms with E-state index in [1.165, 1.54) is 4.90 Å². The Morgan fingerprint density at radius 3 is 2.48 bits per heavy atom. The van der Waals surface area contributed by atoms with Gasteiger partial charge in [-0.25, -0.2) is 0 Å². The second-order valence-electron chi connectivity index (χ2n) is 4.60. The molecule has 1 atom stereocenters. The zero-order valence-corrected chi connectivity index (χ0v) is 14.8. The molecule has 110 valence electrons. The summed E-state index contributed by atoms with van der Waals surface area (Å²) in [6, 6.07) is 13.3. The van der Waals surface area contributed by atoms with Gasteiger partial charge in [0.25, 0.3) is 5.91 Å². The van der Waals surface area contributed by atoms with Gasteiger partial charge in [-0.2, -0.15) is 0 Å². The molecule has 1 amide bonds. The maximum Gasteiger partial charge on any atom is 0.251 e. The summed E-state index contributed by atoms with van der Waals surface area (Å²) in [6.07, 6.45) is 2.04. The Bertz CT molecular complexity index is 645. The van der Waals surface area contributed by atoms with Gasteiger partial charge in [-0.3, -0.25) is 4.79 Å². The van der Waals surface area contributed by atoms with Crippen LogP contribution in [0.1, 0.15) is 28.9 Å². The summed E-state index contributed by atoms with van der Waals surface area (Å²) >= 11 is 11.0. The standard InChI is InChI=1S/C16H15BrClNOS/c1-10(11-3-6-13(21-2)7-4-11)19-16(20)12-5-8-14(17)15(18)9-12/h3-10H,1-2H3,(H,19,20). The molecule has 0 aliphatic heterocycles. The Labute approximate surface area is 142 Å². The minimum absolute atomic E-state index is 0.0594. The summed E-state index contributed by atoms with van der Waals surface area (Å²) in [6.45, 7) is 1.96. The van der Waals surface area contributed by atoms with E-state index in [1.807, 2.05) is 25.3 Å². The smallest absolute Gasteiger partial charge is 0.251 e. The zero-order chi connectivity index (χ0) is 15.4. The van der Waals surface area contributed by atoms with Crippen LogP contribution in [-0.4, -0.2) is 12.2 Å². The topological polar surface area (TPSA) is 29.1 Å². The van der Waals surface area contributed by atoms with Crippen LogP contribution in [0.25, 0.3) is 0 Å². The molecule has 0 spiro atoms. The predicted molar refractivity (Wildman–Crippen MR) is 93.3 cm³/mol. The molecule has 0 radical (unpaired) electrons. The van der Waals surface area contributed by atoms with Crippen LogP contribution in [0.5, 0.6) is 0 Å². The molecular weight excluding hydrogens is 370 g/mol. The molecule has 0 bridgehead atoms. The summed E-state index contributed by atoms with van der Waals surface area (Å²) in [5.74, 6) is -0.133. The van der Waals surface area contributed by atoms with Crippen molar-refractivity contribution in [1.82, 2.24) is 5.32 Å². The minimum atomic E-state index is -0.133. The van der Waals surface area contributed by atoms with Crippen molar-refractivity contribution in [3.8, 4) is 0 Å². The molecule has 0 saturated heterocycles. The van der Waals surface area contributed by atoms with Crippen LogP contribution in [0, 0.1) is 0 Å². The molecule has 0 aliphatic carbocycles. The highest BCUT2D eigenvalue weighted by Gasteiger charge is 2.12. The highest BCUT2D eigenvalue weighted by atomic mass is 79.9. The normalized spacial score (nSPS) is 12.0. The Hall–Kier alpha value is -0.970. The minimum Gasteiger partial charge on any atom is -0.346 e. The van der Waals surface area contributed by atoms with Crippen LogP contribution >= 0.6 is 39.3 Å². The lowest BCUT2D eigenvalue weighted by molar-refractivity contribution is 0.0940. The van der Waals surface area contributed by atoms with Crippen molar-refractivity contribution in [1.29, 1.82) is 0 Å². The van der Waals surface area contributed by atoms with Gasteiger partial charge in [0.05, 0.1) is 11.1 Å². The quantitative estimate of drug-likeness (QED) is 0.723. The molecule has 2 aromatic carbocycles. The lowest BCUT2D eigenvalue weighted by Gasteiger charge is -2.15. The fourth-order valence-corrected chi connectivity index (χ4v) is 2.73. The van der Waals surface area contributed by atoms with Gasteiger partial charge in [-0.05, 0) is 65.0 Å². The molecule has 21 heavy (non-hydrogen) atoms. The van der Waals surface area contributed by atoms with Crippen molar-refractivity contribution in [3.05, 3.63) is 63.1 Å². The Morgan fingerprint density at radius 2 is 1.90 bits per heavy atom. The number of benzene rings is 2. The van der Waals surface area contributed by atoms with Crippen molar-refractivity contribution < 1.29 is 4.79 Å². The number of carbonyl (C=O) groups excluding carboxylic acids is 1. The average molecular weight is 385 g/mol. The summed E-state index contributed by atoms with van der Waals surface area (Å²) < 4.78 is 0.779. The summed E-state index contributed by atoms with van der Waals surface area (Å²) in [5, 5.41) is 3.50. The highest BCUT2D eigenvalue weighted by molar-refractivity contribution is 9.10. The third kappa shape index (κ3) is 4.25.